The summed E-state index contributed by atoms with van der Waals surface area (Å²) in [5.41, 5.74) is 0.626. The first-order valence-electron chi connectivity index (χ1n) is 6.74. The summed E-state index contributed by atoms with van der Waals surface area (Å²) in [6.45, 7) is 0.868. The molecule has 1 aromatic carbocycles. The number of carbonyl (C=O) groups excluding carboxylic acids is 1. The van der Waals surface area contributed by atoms with E-state index in [1.54, 1.807) is 19.2 Å². The van der Waals surface area contributed by atoms with Crippen molar-refractivity contribution in [3.8, 4) is 0 Å². The molecule has 1 N–H and O–H groups in total. The van der Waals surface area contributed by atoms with Gasteiger partial charge in [0.2, 0.25) is 0 Å². The molecule has 0 saturated carbocycles. The number of rotatable bonds is 3. The lowest BCUT2D eigenvalue weighted by Gasteiger charge is -2.42. The van der Waals surface area contributed by atoms with Crippen LogP contribution in [0.3, 0.4) is 0 Å². The van der Waals surface area contributed by atoms with Crippen molar-refractivity contribution in [1.82, 2.24) is 9.88 Å². The van der Waals surface area contributed by atoms with Gasteiger partial charge in [-0.3, -0.25) is 9.59 Å². The third kappa shape index (κ3) is 2.36. The number of nitrogens with one attached hydrogen (secondary N) is 1. The Morgan fingerprint density at radius 3 is 2.48 bits per heavy atom. The highest BCUT2D eigenvalue weighted by molar-refractivity contribution is 5.93. The SMILES string of the molecule is Cn1c(C(=O)NC2(c3ccccc3)COC2)cccc1=O. The first kappa shape index (κ1) is 13.6. The molecule has 2 heterocycles. The van der Waals surface area contributed by atoms with E-state index in [4.69, 9.17) is 4.74 Å². The van der Waals surface area contributed by atoms with E-state index in [0.29, 0.717) is 18.9 Å². The van der Waals surface area contributed by atoms with Crippen LogP contribution in [-0.4, -0.2) is 23.7 Å². The van der Waals surface area contributed by atoms with Gasteiger partial charge in [0.25, 0.3) is 11.5 Å². The van der Waals surface area contributed by atoms with Crippen LogP contribution in [0.4, 0.5) is 0 Å². The molecule has 2 aromatic rings. The quantitative estimate of drug-likeness (QED) is 0.916. The number of amides is 1. The van der Waals surface area contributed by atoms with Crippen molar-refractivity contribution >= 4 is 5.91 Å². The number of hydrogen-bond donors (Lipinski definition) is 1. The van der Waals surface area contributed by atoms with Gasteiger partial charge < -0.3 is 14.6 Å². The zero-order valence-corrected chi connectivity index (χ0v) is 11.7. The Bertz CT molecular complexity index is 718. The van der Waals surface area contributed by atoms with Gasteiger partial charge in [-0.05, 0) is 11.6 Å². The summed E-state index contributed by atoms with van der Waals surface area (Å²) in [6.07, 6.45) is 0. The van der Waals surface area contributed by atoms with E-state index in [-0.39, 0.29) is 11.5 Å². The van der Waals surface area contributed by atoms with Gasteiger partial charge in [0.05, 0.1) is 13.2 Å². The molecule has 0 spiro atoms. The molecule has 0 unspecified atom stereocenters. The highest BCUT2D eigenvalue weighted by Crippen LogP contribution is 2.29. The highest BCUT2D eigenvalue weighted by atomic mass is 16.5. The summed E-state index contributed by atoms with van der Waals surface area (Å²) in [5.74, 6) is -0.276. The molecule has 0 aliphatic carbocycles. The van der Waals surface area contributed by atoms with E-state index in [1.165, 1.54) is 10.6 Å². The highest BCUT2D eigenvalue weighted by Gasteiger charge is 2.42. The van der Waals surface area contributed by atoms with Gasteiger partial charge in [0.15, 0.2) is 0 Å². The normalized spacial score (nSPS) is 16.0. The smallest absolute Gasteiger partial charge is 0.268 e. The number of aromatic nitrogens is 1. The van der Waals surface area contributed by atoms with Crippen molar-refractivity contribution in [2.45, 2.75) is 5.54 Å². The summed E-state index contributed by atoms with van der Waals surface area (Å²) in [4.78, 5) is 24.1. The third-order valence-corrected chi connectivity index (χ3v) is 3.79. The topological polar surface area (TPSA) is 60.3 Å². The maximum absolute atomic E-state index is 12.5. The van der Waals surface area contributed by atoms with Crippen LogP contribution in [0.25, 0.3) is 0 Å². The van der Waals surface area contributed by atoms with Crippen LogP contribution in [0, 0.1) is 0 Å². The lowest BCUT2D eigenvalue weighted by Crippen LogP contribution is -2.59. The fraction of sp³-hybridized carbons (Fsp3) is 0.250. The van der Waals surface area contributed by atoms with Crippen LogP contribution in [0.2, 0.25) is 0 Å². The first-order valence-corrected chi connectivity index (χ1v) is 6.74. The number of ether oxygens (including phenoxy) is 1. The maximum atomic E-state index is 12.5. The van der Waals surface area contributed by atoms with Crippen LogP contribution in [-0.2, 0) is 17.3 Å². The molecular formula is C16H16N2O3. The van der Waals surface area contributed by atoms with Gasteiger partial charge in [0.1, 0.15) is 11.2 Å². The molecule has 0 radical (unpaired) electrons. The summed E-state index contributed by atoms with van der Waals surface area (Å²) in [5, 5.41) is 3.01. The minimum Gasteiger partial charge on any atom is -0.376 e. The van der Waals surface area contributed by atoms with Crippen LogP contribution in [0.15, 0.2) is 53.3 Å². The second-order valence-corrected chi connectivity index (χ2v) is 5.20. The maximum Gasteiger partial charge on any atom is 0.268 e. The Balaban J connectivity index is 1.90. The average Bonchev–Trinajstić information content (AvgIpc) is 2.46. The molecule has 108 valence electrons. The van der Waals surface area contributed by atoms with E-state index >= 15 is 0 Å². The van der Waals surface area contributed by atoms with E-state index in [2.05, 4.69) is 5.32 Å². The second-order valence-electron chi connectivity index (χ2n) is 5.20. The Morgan fingerprint density at radius 2 is 1.86 bits per heavy atom. The average molecular weight is 284 g/mol. The minimum atomic E-state index is -0.510. The molecule has 1 aliphatic heterocycles. The molecule has 21 heavy (non-hydrogen) atoms. The van der Waals surface area contributed by atoms with Crippen molar-refractivity contribution in [2.75, 3.05) is 13.2 Å². The molecule has 1 amide bonds. The Kier molecular flexibility index (Phi) is 3.35. The number of hydrogen-bond acceptors (Lipinski definition) is 3. The molecule has 0 atom stereocenters. The lowest BCUT2D eigenvalue weighted by molar-refractivity contribution is -0.0735. The number of nitrogens with zero attached hydrogens (tertiary/aromatic N) is 1. The Morgan fingerprint density at radius 1 is 1.14 bits per heavy atom. The molecule has 3 rings (SSSR count). The molecule has 1 fully saturated rings. The molecular weight excluding hydrogens is 268 g/mol. The number of carbonyl (C=O) groups is 1. The van der Waals surface area contributed by atoms with Crippen molar-refractivity contribution < 1.29 is 9.53 Å². The molecule has 1 saturated heterocycles. The van der Waals surface area contributed by atoms with Gasteiger partial charge in [-0.25, -0.2) is 0 Å². The largest absolute Gasteiger partial charge is 0.376 e. The van der Waals surface area contributed by atoms with Gasteiger partial charge in [-0.2, -0.15) is 0 Å². The summed E-state index contributed by atoms with van der Waals surface area (Å²) in [7, 11) is 1.59. The second kappa shape index (κ2) is 5.18. The molecule has 0 bridgehead atoms. The van der Waals surface area contributed by atoms with Crippen molar-refractivity contribution in [3.63, 3.8) is 0 Å². The first-order chi connectivity index (χ1) is 10.1. The van der Waals surface area contributed by atoms with Crippen molar-refractivity contribution in [2.24, 2.45) is 7.05 Å². The predicted molar refractivity (Wildman–Crippen MR) is 78.1 cm³/mol. The van der Waals surface area contributed by atoms with Crippen LogP contribution < -0.4 is 10.9 Å². The molecule has 1 aromatic heterocycles. The van der Waals surface area contributed by atoms with Gasteiger partial charge in [0, 0.05) is 13.1 Å². The van der Waals surface area contributed by atoms with Gasteiger partial charge >= 0.3 is 0 Å². The summed E-state index contributed by atoms with van der Waals surface area (Å²) >= 11 is 0. The summed E-state index contributed by atoms with van der Waals surface area (Å²) in [6, 6.07) is 14.4. The standard InChI is InChI=1S/C16H16N2O3/c1-18-13(8-5-9-14(18)19)15(20)17-16(10-21-11-16)12-6-3-2-4-7-12/h2-9H,10-11H2,1H3,(H,17,20). The van der Waals surface area contributed by atoms with Crippen LogP contribution in [0.1, 0.15) is 16.1 Å². The van der Waals surface area contributed by atoms with Gasteiger partial charge in [-0.1, -0.05) is 36.4 Å². The Labute approximate surface area is 122 Å². The van der Waals surface area contributed by atoms with E-state index in [1.807, 2.05) is 30.3 Å². The number of benzene rings is 1. The monoisotopic (exact) mass is 284 g/mol. The zero-order chi connectivity index (χ0) is 14.9. The van der Waals surface area contributed by atoms with Crippen LogP contribution >= 0.6 is 0 Å². The minimum absolute atomic E-state index is 0.207. The predicted octanol–water partition coefficient (Wildman–Crippen LogP) is 1.04. The molecule has 5 heteroatoms. The fourth-order valence-corrected chi connectivity index (χ4v) is 2.45. The summed E-state index contributed by atoms with van der Waals surface area (Å²) < 4.78 is 6.64. The lowest BCUT2D eigenvalue weighted by atomic mass is 9.88. The van der Waals surface area contributed by atoms with Crippen LogP contribution in [0.5, 0.6) is 0 Å². The third-order valence-electron chi connectivity index (χ3n) is 3.79. The van der Waals surface area contributed by atoms with Gasteiger partial charge in [-0.15, -0.1) is 0 Å². The molecule has 5 nitrogen and oxygen atoms in total. The van der Waals surface area contributed by atoms with E-state index in [0.717, 1.165) is 5.56 Å². The molecule has 1 aliphatic rings. The fourth-order valence-electron chi connectivity index (χ4n) is 2.45. The van der Waals surface area contributed by atoms with E-state index < -0.39 is 5.54 Å². The Hall–Kier alpha value is -2.40. The zero-order valence-electron chi connectivity index (χ0n) is 11.7. The van der Waals surface area contributed by atoms with Crippen molar-refractivity contribution in [3.05, 3.63) is 70.1 Å². The van der Waals surface area contributed by atoms with E-state index in [9.17, 15) is 9.59 Å². The number of pyridine rings is 1. The van der Waals surface area contributed by atoms with Crippen molar-refractivity contribution in [1.29, 1.82) is 0 Å².